The Hall–Kier alpha value is -2.91. The molecule has 192 valence electrons. The van der Waals surface area contributed by atoms with Gasteiger partial charge in [0.25, 0.3) is 15.9 Å². The number of benzene rings is 2. The van der Waals surface area contributed by atoms with Crippen LogP contribution >= 0.6 is 0 Å². The number of Topliss-reactive ketones (excluding diaryl/α,β-unsaturated/α-hetero) is 1. The van der Waals surface area contributed by atoms with Crippen molar-refractivity contribution in [3.63, 3.8) is 0 Å². The Kier molecular flexibility index (Phi) is 6.55. The SMILES string of the molecule is CCOc1ccccc1S(=O)(=O)Nc1cc(C(=O)NC2CCN(C)CC2)c2c(c1)C1(CCC1)C(=O)C2. The van der Waals surface area contributed by atoms with Crippen molar-refractivity contribution >= 4 is 27.4 Å². The molecule has 0 unspecified atom stereocenters. The Morgan fingerprint density at radius 3 is 2.56 bits per heavy atom. The van der Waals surface area contributed by atoms with Gasteiger partial charge in [-0.2, -0.15) is 0 Å². The standard InChI is InChI=1S/C27H33N3O5S/c1-3-35-23-7-4-5-8-24(23)36(33,34)29-19-15-21(26(32)28-18-9-13-30(2)14-10-18)20-17-25(31)27(11-6-12-27)22(20)16-19/h4-5,7-8,15-16,18,29H,3,6,9-14,17H2,1-2H3,(H,28,32). The third-order valence-corrected chi connectivity index (χ3v) is 9.25. The summed E-state index contributed by atoms with van der Waals surface area (Å²) in [4.78, 5) is 28.8. The lowest BCUT2D eigenvalue weighted by Gasteiger charge is -2.38. The number of likely N-dealkylation sites (tertiary alicyclic amines) is 1. The predicted octanol–water partition coefficient (Wildman–Crippen LogP) is 3.26. The molecule has 2 fully saturated rings. The predicted molar refractivity (Wildman–Crippen MR) is 137 cm³/mol. The molecule has 0 aromatic heterocycles. The number of sulfonamides is 1. The Labute approximate surface area is 212 Å². The normalized spacial score (nSPS) is 19.6. The summed E-state index contributed by atoms with van der Waals surface area (Å²) in [6, 6.07) is 9.85. The van der Waals surface area contributed by atoms with Crippen molar-refractivity contribution in [3.8, 4) is 5.75 Å². The van der Waals surface area contributed by atoms with Gasteiger partial charge in [-0.3, -0.25) is 14.3 Å². The quantitative estimate of drug-likeness (QED) is 0.591. The van der Waals surface area contributed by atoms with Crippen molar-refractivity contribution < 1.29 is 22.7 Å². The molecule has 1 amide bonds. The van der Waals surface area contributed by atoms with E-state index in [1.165, 1.54) is 6.07 Å². The molecule has 1 heterocycles. The number of hydrogen-bond acceptors (Lipinski definition) is 6. The van der Waals surface area contributed by atoms with Gasteiger partial charge in [0, 0.05) is 23.7 Å². The van der Waals surface area contributed by atoms with Gasteiger partial charge in [0.15, 0.2) is 0 Å². The van der Waals surface area contributed by atoms with Crippen molar-refractivity contribution in [1.29, 1.82) is 0 Å². The second kappa shape index (κ2) is 9.52. The van der Waals surface area contributed by atoms with Gasteiger partial charge in [0.1, 0.15) is 16.4 Å². The molecule has 8 nitrogen and oxygen atoms in total. The van der Waals surface area contributed by atoms with Gasteiger partial charge in [0.2, 0.25) is 0 Å². The first kappa shape index (κ1) is 24.8. The highest BCUT2D eigenvalue weighted by Gasteiger charge is 2.51. The number of nitrogens with one attached hydrogen (secondary N) is 2. The molecule has 0 radical (unpaired) electrons. The second-order valence-electron chi connectivity index (χ2n) is 10.1. The average molecular weight is 512 g/mol. The molecule has 0 bridgehead atoms. The van der Waals surface area contributed by atoms with E-state index in [4.69, 9.17) is 4.74 Å². The number of para-hydroxylation sites is 1. The van der Waals surface area contributed by atoms with E-state index in [1.54, 1.807) is 37.3 Å². The fourth-order valence-corrected chi connectivity index (χ4v) is 6.87. The van der Waals surface area contributed by atoms with Gasteiger partial charge in [-0.05, 0) is 88.1 Å². The van der Waals surface area contributed by atoms with E-state index in [0.717, 1.165) is 56.3 Å². The number of carbonyl (C=O) groups is 2. The summed E-state index contributed by atoms with van der Waals surface area (Å²) < 4.78 is 34.9. The number of piperidine rings is 1. The van der Waals surface area contributed by atoms with E-state index in [2.05, 4.69) is 22.0 Å². The van der Waals surface area contributed by atoms with E-state index >= 15 is 0 Å². The van der Waals surface area contributed by atoms with Crippen LogP contribution in [0.5, 0.6) is 5.75 Å². The molecule has 9 heteroatoms. The van der Waals surface area contributed by atoms with Crippen molar-refractivity contribution in [3.05, 3.63) is 53.1 Å². The van der Waals surface area contributed by atoms with E-state index in [1.807, 2.05) is 0 Å². The summed E-state index contributed by atoms with van der Waals surface area (Å²) in [7, 11) is -1.93. The molecule has 2 aliphatic carbocycles. The molecule has 1 saturated carbocycles. The highest BCUT2D eigenvalue weighted by atomic mass is 32.2. The van der Waals surface area contributed by atoms with Crippen LogP contribution in [0.3, 0.4) is 0 Å². The third-order valence-electron chi connectivity index (χ3n) is 7.83. The van der Waals surface area contributed by atoms with Crippen LogP contribution in [-0.4, -0.2) is 57.8 Å². The number of hydrogen-bond donors (Lipinski definition) is 2. The summed E-state index contributed by atoms with van der Waals surface area (Å²) >= 11 is 0. The molecule has 3 aliphatic rings. The molecule has 36 heavy (non-hydrogen) atoms. The van der Waals surface area contributed by atoms with Gasteiger partial charge >= 0.3 is 0 Å². The van der Waals surface area contributed by atoms with Crippen molar-refractivity contribution in [2.24, 2.45) is 0 Å². The van der Waals surface area contributed by atoms with Crippen LogP contribution in [0, 0.1) is 0 Å². The van der Waals surface area contributed by atoms with Crippen LogP contribution in [0.2, 0.25) is 0 Å². The van der Waals surface area contributed by atoms with Crippen molar-refractivity contribution in [2.45, 2.75) is 61.8 Å². The summed E-state index contributed by atoms with van der Waals surface area (Å²) in [5.74, 6) is 0.138. The Morgan fingerprint density at radius 2 is 1.89 bits per heavy atom. The number of nitrogens with zero attached hydrogens (tertiary/aromatic N) is 1. The van der Waals surface area contributed by atoms with Gasteiger partial charge in [-0.25, -0.2) is 8.42 Å². The number of rotatable bonds is 7. The lowest BCUT2D eigenvalue weighted by Crippen LogP contribution is -2.43. The first-order valence-electron chi connectivity index (χ1n) is 12.7. The lowest BCUT2D eigenvalue weighted by atomic mass is 9.64. The molecule has 0 atom stereocenters. The van der Waals surface area contributed by atoms with Crippen LogP contribution in [-0.2, 0) is 26.7 Å². The maximum absolute atomic E-state index is 13.5. The smallest absolute Gasteiger partial charge is 0.265 e. The van der Waals surface area contributed by atoms with Crippen LogP contribution in [0.4, 0.5) is 5.69 Å². The van der Waals surface area contributed by atoms with Gasteiger partial charge < -0.3 is 15.0 Å². The summed E-state index contributed by atoms with van der Waals surface area (Å²) in [5, 5.41) is 3.14. The molecule has 2 N–H and O–H groups in total. The van der Waals surface area contributed by atoms with E-state index in [-0.39, 0.29) is 40.5 Å². The van der Waals surface area contributed by atoms with Crippen molar-refractivity contribution in [1.82, 2.24) is 10.2 Å². The Bertz CT molecular complexity index is 1290. The van der Waals surface area contributed by atoms with Crippen molar-refractivity contribution in [2.75, 3.05) is 31.5 Å². The summed E-state index contributed by atoms with van der Waals surface area (Å²) in [6.07, 6.45) is 4.34. The van der Waals surface area contributed by atoms with E-state index in [9.17, 15) is 18.0 Å². The van der Waals surface area contributed by atoms with Gasteiger partial charge in [-0.15, -0.1) is 0 Å². The first-order valence-corrected chi connectivity index (χ1v) is 14.2. The Morgan fingerprint density at radius 1 is 1.17 bits per heavy atom. The maximum atomic E-state index is 13.5. The fraction of sp³-hybridized carbons (Fsp3) is 0.481. The number of ketones is 1. The highest BCUT2D eigenvalue weighted by Crippen LogP contribution is 2.52. The monoisotopic (exact) mass is 511 g/mol. The molecule has 2 aromatic carbocycles. The number of ether oxygens (including phenoxy) is 1. The van der Waals surface area contributed by atoms with Crippen LogP contribution in [0.25, 0.3) is 0 Å². The highest BCUT2D eigenvalue weighted by molar-refractivity contribution is 7.92. The number of amides is 1. The number of carbonyl (C=O) groups excluding carboxylic acids is 2. The average Bonchev–Trinajstić information content (AvgIpc) is 3.12. The number of fused-ring (bicyclic) bond motifs is 2. The molecule has 1 saturated heterocycles. The molecule has 1 spiro atoms. The van der Waals surface area contributed by atoms with E-state index in [0.29, 0.717) is 12.2 Å². The zero-order valence-corrected chi connectivity index (χ0v) is 21.6. The minimum absolute atomic E-state index is 0.0270. The summed E-state index contributed by atoms with van der Waals surface area (Å²) in [5.41, 5.74) is 1.62. The maximum Gasteiger partial charge on any atom is 0.265 e. The van der Waals surface area contributed by atoms with Crippen LogP contribution < -0.4 is 14.8 Å². The number of anilines is 1. The van der Waals surface area contributed by atoms with Crippen LogP contribution in [0.15, 0.2) is 41.3 Å². The van der Waals surface area contributed by atoms with E-state index < -0.39 is 15.4 Å². The fourth-order valence-electron chi connectivity index (χ4n) is 5.68. The van der Waals surface area contributed by atoms with Gasteiger partial charge in [0.05, 0.1) is 12.0 Å². The van der Waals surface area contributed by atoms with Crippen LogP contribution in [0.1, 0.15) is 60.5 Å². The second-order valence-corrected chi connectivity index (χ2v) is 11.8. The summed E-state index contributed by atoms with van der Waals surface area (Å²) in [6.45, 7) is 3.94. The molecule has 1 aliphatic heterocycles. The molecular weight excluding hydrogens is 478 g/mol. The zero-order chi connectivity index (χ0) is 25.5. The lowest BCUT2D eigenvalue weighted by molar-refractivity contribution is -0.125. The molecular formula is C27H33N3O5S. The minimum Gasteiger partial charge on any atom is -0.492 e. The molecule has 2 aromatic rings. The largest absolute Gasteiger partial charge is 0.492 e. The minimum atomic E-state index is -4.00. The van der Waals surface area contributed by atoms with Gasteiger partial charge in [-0.1, -0.05) is 18.6 Å². The first-order chi connectivity index (χ1) is 17.2. The topological polar surface area (TPSA) is 105 Å². The third kappa shape index (κ3) is 4.39. The Balaban J connectivity index is 1.51. The zero-order valence-electron chi connectivity index (χ0n) is 20.8. The molecule has 5 rings (SSSR count).